The van der Waals surface area contributed by atoms with Crippen LogP contribution in [0.15, 0.2) is 11.8 Å². The van der Waals surface area contributed by atoms with E-state index in [0.29, 0.717) is 24.3 Å². The topological polar surface area (TPSA) is 72.9 Å². The van der Waals surface area contributed by atoms with Crippen LogP contribution in [-0.4, -0.2) is 78.9 Å². The van der Waals surface area contributed by atoms with Crippen LogP contribution >= 0.6 is 0 Å². The molecule has 0 aromatic rings. The average molecular weight is 366 g/mol. The van der Waals surface area contributed by atoms with E-state index in [0.717, 1.165) is 58.7 Å². The first kappa shape index (κ1) is 21.1. The van der Waals surface area contributed by atoms with Gasteiger partial charge in [-0.25, -0.2) is 0 Å². The molecule has 6 nitrogen and oxygen atoms in total. The lowest BCUT2D eigenvalue weighted by Gasteiger charge is -2.34. The Morgan fingerprint density at radius 1 is 1.04 bits per heavy atom. The van der Waals surface area contributed by atoms with Crippen LogP contribution in [0.2, 0.25) is 0 Å². The molecule has 0 aromatic carbocycles. The summed E-state index contributed by atoms with van der Waals surface area (Å²) in [5, 5.41) is 12.1. The summed E-state index contributed by atoms with van der Waals surface area (Å²) in [6, 6.07) is 0. The van der Waals surface area contributed by atoms with Gasteiger partial charge in [-0.2, -0.15) is 0 Å². The number of piperazine rings is 1. The summed E-state index contributed by atoms with van der Waals surface area (Å²) >= 11 is 0. The number of hydrogen-bond donors (Lipinski definition) is 2. The molecule has 0 bridgehead atoms. The van der Waals surface area contributed by atoms with Gasteiger partial charge in [0.2, 0.25) is 0 Å². The number of nitrogens with zero attached hydrogens (tertiary/aromatic N) is 2. The SMILES string of the molecule is CCC(CC)C1CC(=O)C(=CNCCN2CCN(CCO)CC2)C(=O)C1. The van der Waals surface area contributed by atoms with Gasteiger partial charge in [-0.3, -0.25) is 19.4 Å². The molecule has 0 atom stereocenters. The Morgan fingerprint density at radius 2 is 1.58 bits per heavy atom. The largest absolute Gasteiger partial charge is 0.395 e. The predicted molar refractivity (Wildman–Crippen MR) is 103 cm³/mol. The summed E-state index contributed by atoms with van der Waals surface area (Å²) in [7, 11) is 0. The highest BCUT2D eigenvalue weighted by Gasteiger charge is 2.33. The van der Waals surface area contributed by atoms with Crippen molar-refractivity contribution in [1.82, 2.24) is 15.1 Å². The third kappa shape index (κ3) is 5.89. The minimum absolute atomic E-state index is 0.00303. The average Bonchev–Trinajstić information content (AvgIpc) is 2.63. The number of Topliss-reactive ketones (excluding diaryl/α,β-unsaturated/α-hetero) is 2. The quantitative estimate of drug-likeness (QED) is 0.362. The maximum Gasteiger partial charge on any atom is 0.168 e. The summed E-state index contributed by atoms with van der Waals surface area (Å²) in [6.07, 6.45) is 4.74. The van der Waals surface area contributed by atoms with E-state index in [1.54, 1.807) is 6.20 Å². The van der Waals surface area contributed by atoms with Gasteiger partial charge in [0, 0.05) is 64.9 Å². The van der Waals surface area contributed by atoms with Crippen molar-refractivity contribution in [2.45, 2.75) is 39.5 Å². The Hall–Kier alpha value is -1.24. The number of carbonyl (C=O) groups is 2. The number of aliphatic hydroxyl groups is 1. The van der Waals surface area contributed by atoms with E-state index in [1.807, 2.05) is 0 Å². The third-order valence-corrected chi connectivity index (χ3v) is 5.91. The van der Waals surface area contributed by atoms with Crippen molar-refractivity contribution in [3.8, 4) is 0 Å². The second kappa shape index (κ2) is 10.8. The number of hydrogen-bond acceptors (Lipinski definition) is 6. The first-order chi connectivity index (χ1) is 12.6. The minimum atomic E-state index is 0.00303. The van der Waals surface area contributed by atoms with Crippen LogP contribution in [0.1, 0.15) is 39.5 Å². The van der Waals surface area contributed by atoms with Gasteiger partial charge in [0.25, 0.3) is 0 Å². The van der Waals surface area contributed by atoms with Crippen molar-refractivity contribution in [3.05, 3.63) is 11.8 Å². The van der Waals surface area contributed by atoms with Crippen molar-refractivity contribution in [1.29, 1.82) is 0 Å². The number of carbonyl (C=O) groups excluding carboxylic acids is 2. The van der Waals surface area contributed by atoms with E-state index >= 15 is 0 Å². The Labute approximate surface area is 157 Å². The summed E-state index contributed by atoms with van der Waals surface area (Å²) < 4.78 is 0. The van der Waals surface area contributed by atoms with Gasteiger partial charge in [0.05, 0.1) is 12.2 Å². The fourth-order valence-electron chi connectivity index (χ4n) is 4.15. The van der Waals surface area contributed by atoms with Crippen molar-refractivity contribution in [2.75, 3.05) is 52.4 Å². The van der Waals surface area contributed by atoms with Crippen LogP contribution in [0.4, 0.5) is 0 Å². The van der Waals surface area contributed by atoms with Crippen LogP contribution in [0, 0.1) is 11.8 Å². The van der Waals surface area contributed by atoms with Crippen LogP contribution < -0.4 is 5.32 Å². The molecule has 0 amide bonds. The lowest BCUT2D eigenvalue weighted by atomic mass is 9.75. The highest BCUT2D eigenvalue weighted by atomic mass is 16.3. The van der Waals surface area contributed by atoms with Crippen LogP contribution in [0.3, 0.4) is 0 Å². The van der Waals surface area contributed by atoms with Gasteiger partial charge >= 0.3 is 0 Å². The smallest absolute Gasteiger partial charge is 0.168 e. The van der Waals surface area contributed by atoms with E-state index in [2.05, 4.69) is 29.0 Å². The molecule has 0 aromatic heterocycles. The Morgan fingerprint density at radius 3 is 2.08 bits per heavy atom. The molecule has 2 fully saturated rings. The number of ketones is 2. The molecule has 2 N–H and O–H groups in total. The van der Waals surface area contributed by atoms with Crippen LogP contribution in [0.5, 0.6) is 0 Å². The molecular weight excluding hydrogens is 330 g/mol. The molecule has 1 saturated heterocycles. The molecular formula is C20H35N3O3. The van der Waals surface area contributed by atoms with E-state index in [1.165, 1.54) is 0 Å². The molecule has 2 aliphatic rings. The number of allylic oxidation sites excluding steroid dienone is 1. The number of nitrogens with one attached hydrogen (secondary N) is 1. The maximum atomic E-state index is 12.4. The third-order valence-electron chi connectivity index (χ3n) is 5.91. The number of aliphatic hydroxyl groups excluding tert-OH is 1. The monoisotopic (exact) mass is 365 g/mol. The molecule has 1 saturated carbocycles. The molecule has 0 unspecified atom stereocenters. The predicted octanol–water partition coefficient (Wildman–Crippen LogP) is 1.05. The van der Waals surface area contributed by atoms with Crippen molar-refractivity contribution in [3.63, 3.8) is 0 Å². The van der Waals surface area contributed by atoms with E-state index < -0.39 is 0 Å². The Kier molecular flexibility index (Phi) is 8.75. The van der Waals surface area contributed by atoms with Crippen LogP contribution in [0.25, 0.3) is 0 Å². The molecule has 6 heteroatoms. The number of β-amino-alcohol motifs (C(OH)–C–C–N with tert-alkyl or cyclic N) is 1. The molecule has 0 spiro atoms. The van der Waals surface area contributed by atoms with Crippen molar-refractivity contribution < 1.29 is 14.7 Å². The second-order valence-corrected chi connectivity index (χ2v) is 7.51. The van der Waals surface area contributed by atoms with E-state index in [9.17, 15) is 9.59 Å². The zero-order valence-electron chi connectivity index (χ0n) is 16.4. The van der Waals surface area contributed by atoms with E-state index in [4.69, 9.17) is 5.11 Å². The number of rotatable bonds is 9. The second-order valence-electron chi connectivity index (χ2n) is 7.51. The van der Waals surface area contributed by atoms with Crippen LogP contribution in [-0.2, 0) is 9.59 Å². The van der Waals surface area contributed by atoms with Gasteiger partial charge < -0.3 is 10.4 Å². The Bertz CT molecular complexity index is 475. The highest BCUT2D eigenvalue weighted by Crippen LogP contribution is 2.32. The normalized spacial score (nSPS) is 22.9. The lowest BCUT2D eigenvalue weighted by Crippen LogP contribution is -2.48. The summed E-state index contributed by atoms with van der Waals surface area (Å²) in [6.45, 7) is 10.8. The lowest BCUT2D eigenvalue weighted by molar-refractivity contribution is -0.126. The summed E-state index contributed by atoms with van der Waals surface area (Å²) in [4.78, 5) is 29.4. The zero-order chi connectivity index (χ0) is 18.9. The van der Waals surface area contributed by atoms with Gasteiger partial charge in [0.15, 0.2) is 11.6 Å². The molecule has 1 heterocycles. The standard InChI is InChI=1S/C20H35N3O3/c1-3-16(4-2)17-13-19(25)18(20(26)14-17)15-21-5-6-22-7-9-23(10-8-22)11-12-24/h15-17,21,24H,3-14H2,1-2H3. The van der Waals surface area contributed by atoms with E-state index in [-0.39, 0.29) is 24.1 Å². The van der Waals surface area contributed by atoms with Gasteiger partial charge in [0.1, 0.15) is 0 Å². The zero-order valence-corrected chi connectivity index (χ0v) is 16.4. The van der Waals surface area contributed by atoms with Crippen molar-refractivity contribution >= 4 is 11.6 Å². The molecule has 2 rings (SSSR count). The molecule has 1 aliphatic carbocycles. The summed E-state index contributed by atoms with van der Waals surface area (Å²) in [5.41, 5.74) is 0.361. The molecule has 148 valence electrons. The fourth-order valence-corrected chi connectivity index (χ4v) is 4.15. The first-order valence-electron chi connectivity index (χ1n) is 10.1. The van der Waals surface area contributed by atoms with Gasteiger partial charge in [-0.05, 0) is 11.8 Å². The van der Waals surface area contributed by atoms with Crippen molar-refractivity contribution in [2.24, 2.45) is 11.8 Å². The maximum absolute atomic E-state index is 12.4. The molecule has 0 radical (unpaired) electrons. The van der Waals surface area contributed by atoms with Gasteiger partial charge in [-0.15, -0.1) is 0 Å². The first-order valence-corrected chi connectivity index (χ1v) is 10.1. The van der Waals surface area contributed by atoms with Gasteiger partial charge in [-0.1, -0.05) is 26.7 Å². The Balaban J connectivity index is 1.73. The molecule has 26 heavy (non-hydrogen) atoms. The fraction of sp³-hybridized carbons (Fsp3) is 0.800. The minimum Gasteiger partial charge on any atom is -0.395 e. The highest BCUT2D eigenvalue weighted by molar-refractivity contribution is 6.21. The summed E-state index contributed by atoms with van der Waals surface area (Å²) in [5.74, 6) is 0.700. The molecule has 1 aliphatic heterocycles.